The molecule has 1 aromatic heterocycles. The van der Waals surface area contributed by atoms with Crippen LogP contribution in [0.4, 0.5) is 3.89 Å². The lowest BCUT2D eigenvalue weighted by molar-refractivity contribution is 0.0540. The maximum atomic E-state index is 12.8. The number of nitrogens with zero attached hydrogens (tertiary/aromatic N) is 3. The van der Waals surface area contributed by atoms with Gasteiger partial charge in [-0.05, 0) is 37.2 Å². The molecule has 7 nitrogen and oxygen atoms in total. The molecule has 1 unspecified atom stereocenters. The summed E-state index contributed by atoms with van der Waals surface area (Å²) in [5.74, 6) is 0. The molecule has 1 atom stereocenters. The first kappa shape index (κ1) is 19.8. The van der Waals surface area contributed by atoms with Gasteiger partial charge in [0.2, 0.25) is 0 Å². The predicted octanol–water partition coefficient (Wildman–Crippen LogP) is 0.950. The highest BCUT2D eigenvalue weighted by Gasteiger charge is 2.35. The van der Waals surface area contributed by atoms with Crippen molar-refractivity contribution in [2.24, 2.45) is 0 Å². The quantitative estimate of drug-likeness (QED) is 0.764. The topological polar surface area (TPSA) is 97.1 Å². The number of hydrogen-bond acceptors (Lipinski definition) is 6. The minimum atomic E-state index is -4.71. The fourth-order valence-electron chi connectivity index (χ4n) is 2.26. The van der Waals surface area contributed by atoms with Crippen molar-refractivity contribution in [3.63, 3.8) is 0 Å². The Kier molecular flexibility index (Phi) is 6.11. The van der Waals surface area contributed by atoms with E-state index < -0.39 is 20.7 Å². The van der Waals surface area contributed by atoms with Gasteiger partial charge in [0.15, 0.2) is 0 Å². The fourth-order valence-corrected chi connectivity index (χ4v) is 2.72. The Morgan fingerprint density at radius 2 is 1.91 bits per heavy atom. The van der Waals surface area contributed by atoms with Crippen LogP contribution in [0.25, 0.3) is 5.69 Å². The molecule has 0 spiro atoms. The Bertz CT molecular complexity index is 761. The first-order valence-electron chi connectivity index (χ1n) is 6.30. The van der Waals surface area contributed by atoms with Crippen LogP contribution in [0.15, 0.2) is 35.4 Å². The molecule has 2 N–H and O–H groups in total. The molecule has 0 radical (unpaired) electrons. The van der Waals surface area contributed by atoms with Gasteiger partial charge in [-0.1, -0.05) is 5.21 Å². The van der Waals surface area contributed by atoms with E-state index in [1.54, 1.807) is 6.20 Å². The van der Waals surface area contributed by atoms with Crippen LogP contribution in [0, 0.1) is 0 Å². The molecule has 0 amide bonds. The standard InChI is InChI=1S/C12H13FN4O3S.2ClH/c13-21(19,20)10-3-1-9(2-4-10)17-7-11(15-16-17)12(18)5-6-14-8-12;;/h1-4,7,14,18H,5-6,8H2;2*1H. The molecule has 3 rings (SSSR count). The van der Waals surface area contributed by atoms with Gasteiger partial charge in [-0.25, -0.2) is 4.68 Å². The average molecular weight is 385 g/mol. The Balaban J connectivity index is 0.00000132. The second-order valence-corrected chi connectivity index (χ2v) is 6.29. The third kappa shape index (κ3) is 3.99. The summed E-state index contributed by atoms with van der Waals surface area (Å²) in [7, 11) is -4.71. The van der Waals surface area contributed by atoms with Gasteiger partial charge in [0.1, 0.15) is 11.3 Å². The van der Waals surface area contributed by atoms with E-state index in [1.807, 2.05) is 0 Å². The monoisotopic (exact) mass is 384 g/mol. The van der Waals surface area contributed by atoms with Crippen molar-refractivity contribution in [2.45, 2.75) is 16.9 Å². The number of hydrogen-bond donors (Lipinski definition) is 2. The number of aromatic nitrogens is 3. The molecular weight excluding hydrogens is 370 g/mol. The molecule has 0 aliphatic carbocycles. The van der Waals surface area contributed by atoms with E-state index in [0.29, 0.717) is 30.9 Å². The Hall–Kier alpha value is -1.26. The summed E-state index contributed by atoms with van der Waals surface area (Å²) in [6, 6.07) is 5.14. The molecule has 23 heavy (non-hydrogen) atoms. The predicted molar refractivity (Wildman–Crippen MR) is 85.5 cm³/mol. The van der Waals surface area contributed by atoms with Crippen LogP contribution in [0.2, 0.25) is 0 Å². The van der Waals surface area contributed by atoms with E-state index >= 15 is 0 Å². The van der Waals surface area contributed by atoms with E-state index in [2.05, 4.69) is 15.6 Å². The molecule has 1 aliphatic heterocycles. The molecule has 0 bridgehead atoms. The van der Waals surface area contributed by atoms with Crippen molar-refractivity contribution in [3.8, 4) is 5.69 Å². The maximum Gasteiger partial charge on any atom is 0.332 e. The summed E-state index contributed by atoms with van der Waals surface area (Å²) >= 11 is 0. The van der Waals surface area contributed by atoms with Crippen molar-refractivity contribution >= 4 is 35.0 Å². The van der Waals surface area contributed by atoms with Crippen molar-refractivity contribution in [2.75, 3.05) is 13.1 Å². The minimum Gasteiger partial charge on any atom is -0.382 e. The average Bonchev–Trinajstić information content (AvgIpc) is 3.07. The van der Waals surface area contributed by atoms with Gasteiger partial charge in [0.05, 0.1) is 16.8 Å². The molecule has 1 saturated heterocycles. The van der Waals surface area contributed by atoms with Gasteiger partial charge < -0.3 is 10.4 Å². The summed E-state index contributed by atoms with van der Waals surface area (Å²) in [6.07, 6.45) is 2.12. The molecule has 128 valence electrons. The van der Waals surface area contributed by atoms with Crippen molar-refractivity contribution < 1.29 is 17.4 Å². The van der Waals surface area contributed by atoms with Crippen molar-refractivity contribution in [1.29, 1.82) is 0 Å². The second kappa shape index (κ2) is 7.10. The lowest BCUT2D eigenvalue weighted by atomic mass is 10.0. The molecule has 1 aliphatic rings. The van der Waals surface area contributed by atoms with Crippen LogP contribution in [0.3, 0.4) is 0 Å². The van der Waals surface area contributed by atoms with Crippen molar-refractivity contribution in [3.05, 3.63) is 36.2 Å². The molecule has 2 heterocycles. The van der Waals surface area contributed by atoms with E-state index in [0.717, 1.165) is 12.1 Å². The first-order chi connectivity index (χ1) is 9.88. The Morgan fingerprint density at radius 3 is 2.43 bits per heavy atom. The van der Waals surface area contributed by atoms with E-state index in [-0.39, 0.29) is 24.8 Å². The number of β-amino-alcohol motifs (C(OH)–C–C–N with tert-alkyl or cyclic N) is 1. The summed E-state index contributed by atoms with van der Waals surface area (Å²) in [6.45, 7) is 1.11. The van der Waals surface area contributed by atoms with Crippen LogP contribution in [0.1, 0.15) is 12.1 Å². The summed E-state index contributed by atoms with van der Waals surface area (Å²) < 4.78 is 35.7. The lowest BCUT2D eigenvalue weighted by Crippen LogP contribution is -2.28. The zero-order valence-corrected chi connectivity index (χ0v) is 14.2. The number of aliphatic hydroxyl groups is 1. The normalized spacial score (nSPS) is 20.6. The largest absolute Gasteiger partial charge is 0.382 e. The molecule has 0 saturated carbocycles. The Morgan fingerprint density at radius 1 is 1.26 bits per heavy atom. The number of nitrogens with one attached hydrogen (secondary N) is 1. The third-order valence-corrected chi connectivity index (χ3v) is 4.32. The van der Waals surface area contributed by atoms with Gasteiger partial charge in [0, 0.05) is 6.54 Å². The Labute approximate surface area is 144 Å². The summed E-state index contributed by atoms with van der Waals surface area (Å²) in [5, 5.41) is 21.3. The smallest absolute Gasteiger partial charge is 0.332 e. The van der Waals surface area contributed by atoms with E-state index in [9.17, 15) is 17.4 Å². The second-order valence-electron chi connectivity index (χ2n) is 4.94. The highest BCUT2D eigenvalue weighted by molar-refractivity contribution is 7.86. The van der Waals surface area contributed by atoms with E-state index in [4.69, 9.17) is 0 Å². The molecule has 11 heteroatoms. The SMILES string of the molecule is Cl.Cl.O=S(=O)(F)c1ccc(-n2cc(C3(O)CCNC3)nn2)cc1. The van der Waals surface area contributed by atoms with Crippen LogP contribution >= 0.6 is 24.8 Å². The molecule has 1 aromatic carbocycles. The summed E-state index contributed by atoms with van der Waals surface area (Å²) in [4.78, 5) is -0.412. The number of rotatable bonds is 3. The fraction of sp³-hybridized carbons (Fsp3) is 0.333. The number of benzene rings is 1. The molecule has 2 aromatic rings. The van der Waals surface area contributed by atoms with Crippen LogP contribution in [-0.2, 0) is 15.8 Å². The third-order valence-electron chi connectivity index (χ3n) is 3.49. The van der Waals surface area contributed by atoms with E-state index in [1.165, 1.54) is 16.8 Å². The van der Waals surface area contributed by atoms with Crippen LogP contribution in [0.5, 0.6) is 0 Å². The van der Waals surface area contributed by atoms with Crippen LogP contribution < -0.4 is 5.32 Å². The highest BCUT2D eigenvalue weighted by atomic mass is 35.5. The molecular formula is C12H15Cl2FN4O3S. The minimum absolute atomic E-state index is 0. The maximum absolute atomic E-state index is 12.8. The summed E-state index contributed by atoms with van der Waals surface area (Å²) in [5.41, 5.74) is -0.0779. The highest BCUT2D eigenvalue weighted by Crippen LogP contribution is 2.26. The number of halogens is 3. The van der Waals surface area contributed by atoms with Gasteiger partial charge in [-0.3, -0.25) is 0 Å². The first-order valence-corrected chi connectivity index (χ1v) is 7.68. The molecule has 1 fully saturated rings. The zero-order chi connectivity index (χ0) is 15.1. The van der Waals surface area contributed by atoms with Crippen LogP contribution in [-0.4, -0.2) is 41.6 Å². The van der Waals surface area contributed by atoms with Gasteiger partial charge in [0.25, 0.3) is 0 Å². The van der Waals surface area contributed by atoms with Crippen molar-refractivity contribution in [1.82, 2.24) is 20.3 Å². The lowest BCUT2D eigenvalue weighted by Gasteiger charge is -2.16. The van der Waals surface area contributed by atoms with Gasteiger partial charge in [-0.2, -0.15) is 8.42 Å². The van der Waals surface area contributed by atoms with Gasteiger partial charge >= 0.3 is 10.2 Å². The van der Waals surface area contributed by atoms with Gasteiger partial charge in [-0.15, -0.1) is 33.8 Å². The zero-order valence-electron chi connectivity index (χ0n) is 11.7.